The summed E-state index contributed by atoms with van der Waals surface area (Å²) in [5.74, 6) is 0.624. The van der Waals surface area contributed by atoms with Crippen LogP contribution in [-0.4, -0.2) is 0 Å². The van der Waals surface area contributed by atoms with E-state index in [2.05, 4.69) is 6.07 Å². The summed E-state index contributed by atoms with van der Waals surface area (Å²) in [6.07, 6.45) is 6.52. The van der Waals surface area contributed by atoms with Crippen molar-refractivity contribution < 1.29 is 0 Å². The van der Waals surface area contributed by atoms with Crippen molar-refractivity contribution in [3.63, 3.8) is 0 Å². The van der Waals surface area contributed by atoms with Crippen molar-refractivity contribution in [2.75, 3.05) is 0 Å². The predicted octanol–water partition coefficient (Wildman–Crippen LogP) is 3.92. The molecule has 0 saturated heterocycles. The molecule has 15 heavy (non-hydrogen) atoms. The van der Waals surface area contributed by atoms with Gasteiger partial charge in [-0.1, -0.05) is 49.1 Å². The molecule has 1 aromatic carbocycles. The van der Waals surface area contributed by atoms with Crippen LogP contribution in [-0.2, 0) is 0 Å². The first-order chi connectivity index (χ1) is 7.29. The minimum atomic E-state index is 0.124. The molecule has 0 bridgehead atoms. The second kappa shape index (κ2) is 5.00. The molecule has 0 aromatic heterocycles. The number of rotatable bonds is 2. The molecular weight excluding hydrogens is 206 g/mol. The standard InChI is InChI=1S/C13H18ClN/c14-12-9-5-4-8-11(12)13(15)10-6-2-1-3-7-10/h4-5,8-10,13H,1-3,6-7,15H2/t13-/m1/s1. The maximum atomic E-state index is 6.29. The van der Waals surface area contributed by atoms with Crippen molar-refractivity contribution >= 4 is 11.6 Å². The molecule has 1 fully saturated rings. The Morgan fingerprint density at radius 2 is 1.80 bits per heavy atom. The van der Waals surface area contributed by atoms with Crippen LogP contribution >= 0.6 is 11.6 Å². The van der Waals surface area contributed by atoms with Crippen LogP contribution in [0.5, 0.6) is 0 Å². The van der Waals surface area contributed by atoms with Gasteiger partial charge in [0.05, 0.1) is 0 Å². The second-order valence-electron chi connectivity index (χ2n) is 4.45. The molecule has 0 aliphatic heterocycles. The van der Waals surface area contributed by atoms with Gasteiger partial charge in [0.25, 0.3) is 0 Å². The smallest absolute Gasteiger partial charge is 0.0453 e. The Morgan fingerprint density at radius 1 is 1.13 bits per heavy atom. The van der Waals surface area contributed by atoms with E-state index in [-0.39, 0.29) is 6.04 Å². The van der Waals surface area contributed by atoms with Gasteiger partial charge >= 0.3 is 0 Å². The lowest BCUT2D eigenvalue weighted by Gasteiger charge is -2.28. The molecule has 0 amide bonds. The summed E-state index contributed by atoms with van der Waals surface area (Å²) in [7, 11) is 0. The fraction of sp³-hybridized carbons (Fsp3) is 0.538. The van der Waals surface area contributed by atoms with Crippen LogP contribution < -0.4 is 5.73 Å². The highest BCUT2D eigenvalue weighted by Crippen LogP contribution is 2.35. The molecule has 1 nitrogen and oxygen atoms in total. The third-order valence-electron chi connectivity index (χ3n) is 3.42. The summed E-state index contributed by atoms with van der Waals surface area (Å²) >= 11 is 6.16. The van der Waals surface area contributed by atoms with Gasteiger partial charge in [-0.15, -0.1) is 0 Å². The Morgan fingerprint density at radius 3 is 2.47 bits per heavy atom. The summed E-state index contributed by atoms with van der Waals surface area (Å²) in [5, 5.41) is 0.815. The van der Waals surface area contributed by atoms with E-state index in [9.17, 15) is 0 Å². The van der Waals surface area contributed by atoms with Crippen LogP contribution in [0.15, 0.2) is 24.3 Å². The molecule has 2 rings (SSSR count). The van der Waals surface area contributed by atoms with Gasteiger partial charge in [-0.05, 0) is 30.4 Å². The summed E-state index contributed by atoms with van der Waals surface area (Å²) in [6, 6.07) is 8.09. The number of hydrogen-bond acceptors (Lipinski definition) is 1. The molecule has 0 radical (unpaired) electrons. The van der Waals surface area contributed by atoms with E-state index >= 15 is 0 Å². The normalized spacial score (nSPS) is 20.1. The molecule has 2 heteroatoms. The zero-order valence-electron chi connectivity index (χ0n) is 8.95. The lowest BCUT2D eigenvalue weighted by Crippen LogP contribution is -2.23. The Bertz CT molecular complexity index is 318. The molecule has 0 spiro atoms. The van der Waals surface area contributed by atoms with Crippen LogP contribution in [0, 0.1) is 5.92 Å². The van der Waals surface area contributed by atoms with Crippen molar-refractivity contribution in [2.45, 2.75) is 38.1 Å². The van der Waals surface area contributed by atoms with Gasteiger partial charge in [0.1, 0.15) is 0 Å². The molecule has 0 unspecified atom stereocenters. The average molecular weight is 224 g/mol. The van der Waals surface area contributed by atoms with Crippen LogP contribution in [0.4, 0.5) is 0 Å². The number of nitrogens with two attached hydrogens (primary N) is 1. The highest BCUT2D eigenvalue weighted by molar-refractivity contribution is 6.31. The van der Waals surface area contributed by atoms with Crippen molar-refractivity contribution in [2.24, 2.45) is 11.7 Å². The zero-order valence-corrected chi connectivity index (χ0v) is 9.71. The van der Waals surface area contributed by atoms with Gasteiger partial charge in [0.2, 0.25) is 0 Å². The molecule has 1 aliphatic rings. The van der Waals surface area contributed by atoms with E-state index in [0.29, 0.717) is 5.92 Å². The van der Waals surface area contributed by atoms with Crippen molar-refractivity contribution in [3.05, 3.63) is 34.9 Å². The van der Waals surface area contributed by atoms with E-state index in [1.807, 2.05) is 18.2 Å². The fourth-order valence-electron chi connectivity index (χ4n) is 2.49. The summed E-state index contributed by atoms with van der Waals surface area (Å²) in [4.78, 5) is 0. The van der Waals surface area contributed by atoms with Gasteiger partial charge < -0.3 is 5.73 Å². The predicted molar refractivity (Wildman–Crippen MR) is 65.0 cm³/mol. The van der Waals surface area contributed by atoms with E-state index in [1.54, 1.807) is 0 Å². The molecule has 1 aromatic rings. The zero-order chi connectivity index (χ0) is 10.7. The Labute approximate surface area is 96.6 Å². The highest BCUT2D eigenvalue weighted by Gasteiger charge is 2.22. The SMILES string of the molecule is N[C@@H](c1ccccc1Cl)C1CCCCC1. The average Bonchev–Trinajstić information content (AvgIpc) is 2.30. The van der Waals surface area contributed by atoms with Crippen LogP contribution in [0.2, 0.25) is 5.02 Å². The molecular formula is C13H18ClN. The number of hydrogen-bond donors (Lipinski definition) is 1. The Balaban J connectivity index is 2.12. The van der Waals surface area contributed by atoms with E-state index in [0.717, 1.165) is 10.6 Å². The van der Waals surface area contributed by atoms with Gasteiger partial charge in [-0.2, -0.15) is 0 Å². The second-order valence-corrected chi connectivity index (χ2v) is 4.85. The summed E-state index contributed by atoms with van der Waals surface area (Å²) in [6.45, 7) is 0. The van der Waals surface area contributed by atoms with Gasteiger partial charge in [0.15, 0.2) is 0 Å². The van der Waals surface area contributed by atoms with Gasteiger partial charge in [0, 0.05) is 11.1 Å². The molecule has 2 N–H and O–H groups in total. The quantitative estimate of drug-likeness (QED) is 0.808. The molecule has 1 atom stereocenters. The monoisotopic (exact) mass is 223 g/mol. The largest absolute Gasteiger partial charge is 0.324 e. The van der Waals surface area contributed by atoms with Crippen LogP contribution in [0.25, 0.3) is 0 Å². The molecule has 82 valence electrons. The highest BCUT2D eigenvalue weighted by atomic mass is 35.5. The third kappa shape index (κ3) is 2.53. The third-order valence-corrected chi connectivity index (χ3v) is 3.77. The van der Waals surface area contributed by atoms with E-state index in [4.69, 9.17) is 17.3 Å². The minimum Gasteiger partial charge on any atom is -0.324 e. The first-order valence-corrected chi connectivity index (χ1v) is 6.17. The van der Waals surface area contributed by atoms with Crippen molar-refractivity contribution in [3.8, 4) is 0 Å². The number of halogens is 1. The summed E-state index contributed by atoms with van der Waals surface area (Å²) < 4.78 is 0. The first kappa shape index (κ1) is 11.0. The van der Waals surface area contributed by atoms with Gasteiger partial charge in [-0.25, -0.2) is 0 Å². The topological polar surface area (TPSA) is 26.0 Å². The lowest BCUT2D eigenvalue weighted by molar-refractivity contribution is 0.308. The van der Waals surface area contributed by atoms with Crippen molar-refractivity contribution in [1.82, 2.24) is 0 Å². The molecule has 0 heterocycles. The fourth-order valence-corrected chi connectivity index (χ4v) is 2.75. The molecule has 1 saturated carbocycles. The minimum absolute atomic E-state index is 0.124. The van der Waals surface area contributed by atoms with Crippen molar-refractivity contribution in [1.29, 1.82) is 0 Å². The van der Waals surface area contributed by atoms with Crippen LogP contribution in [0.1, 0.15) is 43.7 Å². The maximum absolute atomic E-state index is 6.29. The lowest BCUT2D eigenvalue weighted by atomic mass is 9.81. The first-order valence-electron chi connectivity index (χ1n) is 5.79. The van der Waals surface area contributed by atoms with E-state index in [1.165, 1.54) is 32.1 Å². The maximum Gasteiger partial charge on any atom is 0.0453 e. The van der Waals surface area contributed by atoms with Crippen LogP contribution in [0.3, 0.4) is 0 Å². The number of benzene rings is 1. The Hall–Kier alpha value is -0.530. The van der Waals surface area contributed by atoms with E-state index < -0.39 is 0 Å². The molecule has 1 aliphatic carbocycles. The Kier molecular flexibility index (Phi) is 3.66. The van der Waals surface area contributed by atoms with Gasteiger partial charge in [-0.3, -0.25) is 0 Å². The summed E-state index contributed by atoms with van der Waals surface area (Å²) in [5.41, 5.74) is 7.40.